The van der Waals surface area contributed by atoms with Gasteiger partial charge in [0, 0.05) is 11.6 Å². The molecule has 1 aromatic carbocycles. The summed E-state index contributed by atoms with van der Waals surface area (Å²) in [6.07, 6.45) is 6.66. The monoisotopic (exact) mass is 217 g/mol. The van der Waals surface area contributed by atoms with Crippen LogP contribution in [0.3, 0.4) is 0 Å². The molecule has 2 nitrogen and oxygen atoms in total. The fourth-order valence-electron chi connectivity index (χ4n) is 3.22. The zero-order valence-electron chi connectivity index (χ0n) is 9.83. The van der Waals surface area contributed by atoms with Crippen molar-refractivity contribution in [3.63, 3.8) is 0 Å². The Morgan fingerprint density at radius 2 is 2.25 bits per heavy atom. The van der Waals surface area contributed by atoms with Gasteiger partial charge in [0.25, 0.3) is 0 Å². The van der Waals surface area contributed by atoms with Crippen molar-refractivity contribution in [2.45, 2.75) is 43.7 Å². The van der Waals surface area contributed by atoms with Crippen LogP contribution in [-0.4, -0.2) is 13.2 Å². The first kappa shape index (κ1) is 10.2. The summed E-state index contributed by atoms with van der Waals surface area (Å²) in [4.78, 5) is 0. The fraction of sp³-hybridized carbons (Fsp3) is 0.571. The van der Waals surface area contributed by atoms with Crippen LogP contribution in [-0.2, 0) is 5.54 Å². The minimum absolute atomic E-state index is 0.260. The van der Waals surface area contributed by atoms with Gasteiger partial charge >= 0.3 is 0 Å². The molecule has 2 atom stereocenters. The number of rotatable bonds is 2. The Labute approximate surface area is 97.0 Å². The quantitative estimate of drug-likeness (QED) is 0.822. The summed E-state index contributed by atoms with van der Waals surface area (Å²) in [5, 5.41) is 3.77. The number of methoxy groups -OCH3 is 1. The maximum Gasteiger partial charge on any atom is 0.119 e. The molecular formula is C14H19NO. The first-order valence-electron chi connectivity index (χ1n) is 6.25. The van der Waals surface area contributed by atoms with Gasteiger partial charge in [0.15, 0.2) is 0 Å². The van der Waals surface area contributed by atoms with Crippen molar-refractivity contribution in [3.05, 3.63) is 29.8 Å². The average molecular weight is 217 g/mol. The molecule has 86 valence electrons. The normalized spacial score (nSPS) is 32.7. The van der Waals surface area contributed by atoms with Gasteiger partial charge in [-0.05, 0) is 37.0 Å². The third-order valence-electron chi connectivity index (χ3n) is 4.10. The van der Waals surface area contributed by atoms with Gasteiger partial charge in [-0.3, -0.25) is 0 Å². The van der Waals surface area contributed by atoms with E-state index >= 15 is 0 Å². The molecule has 1 N–H and O–H groups in total. The van der Waals surface area contributed by atoms with E-state index in [4.69, 9.17) is 4.74 Å². The molecule has 0 radical (unpaired) electrons. The predicted octanol–water partition coefficient (Wildman–Crippen LogP) is 2.83. The molecule has 0 aromatic heterocycles. The fourth-order valence-corrected chi connectivity index (χ4v) is 3.22. The van der Waals surface area contributed by atoms with Crippen molar-refractivity contribution < 1.29 is 4.74 Å². The first-order valence-corrected chi connectivity index (χ1v) is 6.25. The highest BCUT2D eigenvalue weighted by molar-refractivity contribution is 5.36. The number of hydrogen-bond donors (Lipinski definition) is 1. The van der Waals surface area contributed by atoms with Crippen molar-refractivity contribution >= 4 is 0 Å². The number of ether oxygens (including phenoxy) is 1. The Kier molecular flexibility index (Phi) is 2.40. The molecule has 2 unspecified atom stereocenters. The van der Waals surface area contributed by atoms with Gasteiger partial charge in [-0.25, -0.2) is 0 Å². The van der Waals surface area contributed by atoms with Gasteiger partial charge in [-0.1, -0.05) is 25.0 Å². The predicted molar refractivity (Wildman–Crippen MR) is 64.7 cm³/mol. The van der Waals surface area contributed by atoms with E-state index in [1.807, 2.05) is 6.07 Å². The number of nitrogens with one attached hydrogen (secondary N) is 1. The minimum Gasteiger partial charge on any atom is -0.497 e. The van der Waals surface area contributed by atoms with E-state index in [0.29, 0.717) is 0 Å². The number of hydrogen-bond acceptors (Lipinski definition) is 2. The zero-order valence-corrected chi connectivity index (χ0v) is 9.83. The third-order valence-corrected chi connectivity index (χ3v) is 4.10. The van der Waals surface area contributed by atoms with E-state index in [-0.39, 0.29) is 5.54 Å². The van der Waals surface area contributed by atoms with E-state index in [2.05, 4.69) is 23.5 Å². The van der Waals surface area contributed by atoms with Crippen LogP contribution in [0, 0.1) is 0 Å². The molecule has 2 heteroatoms. The summed E-state index contributed by atoms with van der Waals surface area (Å²) in [5.41, 5.74) is 1.67. The lowest BCUT2D eigenvalue weighted by atomic mass is 9.75. The van der Waals surface area contributed by atoms with Crippen LogP contribution in [0.4, 0.5) is 0 Å². The molecule has 2 bridgehead atoms. The van der Waals surface area contributed by atoms with Crippen molar-refractivity contribution in [2.24, 2.45) is 0 Å². The average Bonchev–Trinajstić information content (AvgIpc) is 2.62. The van der Waals surface area contributed by atoms with Crippen LogP contribution >= 0.6 is 0 Å². The van der Waals surface area contributed by atoms with E-state index in [1.54, 1.807) is 7.11 Å². The standard InChI is InChI=1S/C14H19NO/c1-16-13-7-4-5-11(9-13)14-8-3-2-6-12(10-14)15-14/h4-5,7,9,12,15H,2-3,6,8,10H2,1H3. The van der Waals surface area contributed by atoms with Crippen molar-refractivity contribution in [2.75, 3.05) is 7.11 Å². The molecule has 3 aliphatic rings. The molecule has 3 fully saturated rings. The van der Waals surface area contributed by atoms with Gasteiger partial charge in [0.1, 0.15) is 5.75 Å². The SMILES string of the molecule is COc1cccc(C23CCCCC(C2)N3)c1. The van der Waals surface area contributed by atoms with Crippen LogP contribution in [0.2, 0.25) is 0 Å². The summed E-state index contributed by atoms with van der Waals surface area (Å²) in [6, 6.07) is 9.30. The molecule has 1 aromatic rings. The third kappa shape index (κ3) is 1.52. The summed E-state index contributed by atoms with van der Waals surface area (Å²) in [7, 11) is 1.74. The second kappa shape index (κ2) is 3.77. The van der Waals surface area contributed by atoms with E-state index < -0.39 is 0 Å². The lowest BCUT2D eigenvalue weighted by Gasteiger charge is -2.48. The van der Waals surface area contributed by atoms with E-state index in [1.165, 1.54) is 37.7 Å². The molecule has 2 saturated heterocycles. The summed E-state index contributed by atoms with van der Waals surface area (Å²) < 4.78 is 5.31. The Bertz CT molecular complexity index is 377. The molecule has 4 rings (SSSR count). The Balaban J connectivity index is 1.90. The van der Waals surface area contributed by atoms with Crippen LogP contribution in [0.15, 0.2) is 24.3 Å². The molecule has 1 saturated carbocycles. The summed E-state index contributed by atoms with van der Waals surface area (Å²) in [5.74, 6) is 0.973. The molecule has 0 spiro atoms. The van der Waals surface area contributed by atoms with Gasteiger partial charge in [0.2, 0.25) is 0 Å². The summed E-state index contributed by atoms with van der Waals surface area (Å²) in [6.45, 7) is 0. The summed E-state index contributed by atoms with van der Waals surface area (Å²) >= 11 is 0. The molecule has 2 heterocycles. The van der Waals surface area contributed by atoms with E-state index in [9.17, 15) is 0 Å². The van der Waals surface area contributed by atoms with Crippen LogP contribution in [0.1, 0.15) is 37.7 Å². The van der Waals surface area contributed by atoms with Gasteiger partial charge in [0.05, 0.1) is 7.11 Å². The smallest absolute Gasteiger partial charge is 0.119 e. The van der Waals surface area contributed by atoms with Crippen LogP contribution in [0.25, 0.3) is 0 Å². The zero-order chi connectivity index (χ0) is 11.0. The highest BCUT2D eigenvalue weighted by Gasteiger charge is 2.45. The van der Waals surface area contributed by atoms with Crippen molar-refractivity contribution in [1.82, 2.24) is 5.32 Å². The number of benzene rings is 1. The maximum atomic E-state index is 5.31. The molecule has 1 aliphatic carbocycles. The lowest BCUT2D eigenvalue weighted by Crippen LogP contribution is -2.59. The van der Waals surface area contributed by atoms with Crippen molar-refractivity contribution in [3.8, 4) is 5.75 Å². The first-order chi connectivity index (χ1) is 7.82. The molecule has 2 aliphatic heterocycles. The molecule has 16 heavy (non-hydrogen) atoms. The molecular weight excluding hydrogens is 198 g/mol. The topological polar surface area (TPSA) is 21.3 Å². The second-order valence-electron chi connectivity index (χ2n) is 5.11. The van der Waals surface area contributed by atoms with Gasteiger partial charge in [-0.15, -0.1) is 0 Å². The van der Waals surface area contributed by atoms with Crippen LogP contribution < -0.4 is 10.1 Å². The lowest BCUT2D eigenvalue weighted by molar-refractivity contribution is 0.138. The van der Waals surface area contributed by atoms with E-state index in [0.717, 1.165) is 11.8 Å². The highest BCUT2D eigenvalue weighted by atomic mass is 16.5. The van der Waals surface area contributed by atoms with Gasteiger partial charge < -0.3 is 10.1 Å². The second-order valence-corrected chi connectivity index (χ2v) is 5.11. The molecule has 0 amide bonds. The number of fused-ring (bicyclic) bond motifs is 3. The largest absolute Gasteiger partial charge is 0.497 e. The Morgan fingerprint density at radius 1 is 1.38 bits per heavy atom. The van der Waals surface area contributed by atoms with Gasteiger partial charge in [-0.2, -0.15) is 0 Å². The Hall–Kier alpha value is -1.02. The van der Waals surface area contributed by atoms with Crippen LogP contribution in [0.5, 0.6) is 5.75 Å². The minimum atomic E-state index is 0.260. The van der Waals surface area contributed by atoms with Crippen molar-refractivity contribution in [1.29, 1.82) is 0 Å². The highest BCUT2D eigenvalue weighted by Crippen LogP contribution is 2.44. The maximum absolute atomic E-state index is 5.31. The Morgan fingerprint density at radius 3 is 3.06 bits per heavy atom.